The van der Waals surface area contributed by atoms with Gasteiger partial charge < -0.3 is 15.2 Å². The Balaban J connectivity index is 2.03. The summed E-state index contributed by atoms with van der Waals surface area (Å²) in [6.07, 6.45) is 1.57. The van der Waals surface area contributed by atoms with E-state index in [4.69, 9.17) is 9.84 Å². The van der Waals surface area contributed by atoms with Gasteiger partial charge in [0.15, 0.2) is 0 Å². The van der Waals surface area contributed by atoms with Gasteiger partial charge in [-0.15, -0.1) is 0 Å². The summed E-state index contributed by atoms with van der Waals surface area (Å²) in [5.74, 6) is -1.21. The highest BCUT2D eigenvalue weighted by Gasteiger charge is 2.29. The van der Waals surface area contributed by atoms with Crippen LogP contribution in [0.4, 0.5) is 0 Å². The molecule has 0 atom stereocenters. The van der Waals surface area contributed by atoms with Gasteiger partial charge in [-0.05, 0) is 32.3 Å². The lowest BCUT2D eigenvalue weighted by Gasteiger charge is -2.18. The molecule has 122 valence electrons. The summed E-state index contributed by atoms with van der Waals surface area (Å²) >= 11 is 0. The largest absolute Gasteiger partial charge is 0.481 e. The van der Waals surface area contributed by atoms with E-state index in [1.165, 1.54) is 5.56 Å². The van der Waals surface area contributed by atoms with Gasteiger partial charge >= 0.3 is 5.97 Å². The fourth-order valence-corrected chi connectivity index (χ4v) is 1.88. The van der Waals surface area contributed by atoms with Gasteiger partial charge in [0.25, 0.3) is 0 Å². The van der Waals surface area contributed by atoms with Crippen LogP contribution in [0.15, 0.2) is 30.3 Å². The monoisotopic (exact) mass is 307 g/mol. The lowest BCUT2D eigenvalue weighted by molar-refractivity contribution is -0.149. The number of carbonyl (C=O) groups is 2. The Morgan fingerprint density at radius 2 is 1.86 bits per heavy atom. The molecule has 0 aliphatic carbocycles. The predicted octanol–water partition coefficient (Wildman–Crippen LogP) is 2.25. The molecule has 0 radical (unpaired) electrons. The maximum absolute atomic E-state index is 11.6. The van der Waals surface area contributed by atoms with Gasteiger partial charge in [-0.1, -0.05) is 30.3 Å². The van der Waals surface area contributed by atoms with Crippen molar-refractivity contribution in [3.8, 4) is 0 Å². The number of hydrogen-bond donors (Lipinski definition) is 2. The summed E-state index contributed by atoms with van der Waals surface area (Å²) < 4.78 is 5.51. The van der Waals surface area contributed by atoms with E-state index in [-0.39, 0.29) is 12.3 Å². The summed E-state index contributed by atoms with van der Waals surface area (Å²) in [7, 11) is 0. The van der Waals surface area contributed by atoms with Crippen LogP contribution in [-0.4, -0.2) is 36.7 Å². The van der Waals surface area contributed by atoms with Crippen LogP contribution in [0.5, 0.6) is 0 Å². The molecule has 0 fully saturated rings. The van der Waals surface area contributed by atoms with Crippen molar-refractivity contribution in [1.29, 1.82) is 0 Å². The van der Waals surface area contributed by atoms with Crippen LogP contribution in [0, 0.1) is 5.41 Å². The highest BCUT2D eigenvalue weighted by atomic mass is 16.5. The number of rotatable bonds is 10. The number of benzene rings is 1. The van der Waals surface area contributed by atoms with Gasteiger partial charge in [-0.2, -0.15) is 0 Å². The molecular weight excluding hydrogens is 282 g/mol. The molecule has 0 unspecified atom stereocenters. The van der Waals surface area contributed by atoms with E-state index in [1.807, 2.05) is 18.2 Å². The molecule has 0 bridgehead atoms. The van der Waals surface area contributed by atoms with E-state index in [0.717, 1.165) is 6.42 Å². The Morgan fingerprint density at radius 1 is 1.18 bits per heavy atom. The predicted molar refractivity (Wildman–Crippen MR) is 84.6 cm³/mol. The fourth-order valence-electron chi connectivity index (χ4n) is 1.88. The van der Waals surface area contributed by atoms with Crippen molar-refractivity contribution in [2.24, 2.45) is 5.41 Å². The second-order valence-corrected chi connectivity index (χ2v) is 5.92. The molecule has 2 N–H and O–H groups in total. The van der Waals surface area contributed by atoms with Gasteiger partial charge in [0.2, 0.25) is 5.91 Å². The van der Waals surface area contributed by atoms with Crippen LogP contribution in [0.25, 0.3) is 0 Å². The minimum atomic E-state index is -1.03. The smallest absolute Gasteiger partial charge is 0.309 e. The molecular formula is C17H25NO4. The molecule has 1 aromatic carbocycles. The molecule has 5 nitrogen and oxygen atoms in total. The van der Waals surface area contributed by atoms with Crippen LogP contribution in [-0.2, 0) is 20.7 Å². The zero-order valence-electron chi connectivity index (χ0n) is 13.3. The molecule has 0 aromatic heterocycles. The zero-order valence-corrected chi connectivity index (χ0v) is 13.3. The number of carbonyl (C=O) groups excluding carboxylic acids is 1. The summed E-state index contributed by atoms with van der Waals surface area (Å²) in [4.78, 5) is 22.5. The minimum Gasteiger partial charge on any atom is -0.481 e. The number of amides is 1. The molecule has 0 aliphatic rings. The topological polar surface area (TPSA) is 75.6 Å². The second kappa shape index (κ2) is 9.20. The zero-order chi connectivity index (χ0) is 16.4. The first-order chi connectivity index (χ1) is 10.4. The summed E-state index contributed by atoms with van der Waals surface area (Å²) in [6, 6.07) is 10.1. The second-order valence-electron chi connectivity index (χ2n) is 5.92. The van der Waals surface area contributed by atoms with Crippen molar-refractivity contribution in [3.63, 3.8) is 0 Å². The first-order valence-corrected chi connectivity index (χ1v) is 7.53. The maximum Gasteiger partial charge on any atom is 0.309 e. The summed E-state index contributed by atoms with van der Waals surface area (Å²) in [5.41, 5.74) is 0.211. The van der Waals surface area contributed by atoms with Gasteiger partial charge in [0, 0.05) is 19.6 Å². The maximum atomic E-state index is 11.6. The third kappa shape index (κ3) is 7.22. The van der Waals surface area contributed by atoms with Crippen LogP contribution < -0.4 is 5.32 Å². The lowest BCUT2D eigenvalue weighted by Crippen LogP contribution is -2.34. The Morgan fingerprint density at radius 3 is 2.50 bits per heavy atom. The van der Waals surface area contributed by atoms with Gasteiger partial charge in [0.1, 0.15) is 0 Å². The molecule has 5 heteroatoms. The highest BCUT2D eigenvalue weighted by Crippen LogP contribution is 2.19. The number of ether oxygens (including phenoxy) is 1. The number of hydrogen-bond acceptors (Lipinski definition) is 3. The van der Waals surface area contributed by atoms with E-state index in [1.54, 1.807) is 13.8 Å². The molecule has 1 rings (SSSR count). The third-order valence-corrected chi connectivity index (χ3v) is 3.35. The number of carboxylic acid groups (broad SMARTS) is 1. The van der Waals surface area contributed by atoms with Crippen LogP contribution >= 0.6 is 0 Å². The van der Waals surface area contributed by atoms with Crippen molar-refractivity contribution >= 4 is 11.9 Å². The molecule has 0 saturated heterocycles. The summed E-state index contributed by atoms with van der Waals surface area (Å²) in [5, 5.41) is 11.7. The van der Waals surface area contributed by atoms with Crippen LogP contribution in [0.2, 0.25) is 0 Å². The minimum absolute atomic E-state index is 0.0167. The molecule has 22 heavy (non-hydrogen) atoms. The molecule has 0 saturated carbocycles. The Kier molecular flexibility index (Phi) is 7.60. The van der Waals surface area contributed by atoms with Crippen molar-refractivity contribution in [2.45, 2.75) is 33.1 Å². The van der Waals surface area contributed by atoms with Crippen molar-refractivity contribution in [1.82, 2.24) is 5.32 Å². The van der Waals surface area contributed by atoms with E-state index in [0.29, 0.717) is 26.2 Å². The Bertz CT molecular complexity index is 471. The molecule has 1 amide bonds. The first-order valence-electron chi connectivity index (χ1n) is 7.53. The van der Waals surface area contributed by atoms with Crippen LogP contribution in [0.3, 0.4) is 0 Å². The van der Waals surface area contributed by atoms with E-state index < -0.39 is 11.4 Å². The standard InChI is InChI=1S/C17H25NO4/c1-17(2,16(20)21)13-15(19)18-10-6-11-22-12-9-14-7-4-3-5-8-14/h3-5,7-8H,6,9-13H2,1-2H3,(H,18,19)(H,20,21). The number of nitrogens with one attached hydrogen (secondary N) is 1. The molecule has 0 heterocycles. The normalized spacial score (nSPS) is 11.2. The average molecular weight is 307 g/mol. The van der Waals surface area contributed by atoms with E-state index in [2.05, 4.69) is 17.4 Å². The van der Waals surface area contributed by atoms with Crippen molar-refractivity contribution in [3.05, 3.63) is 35.9 Å². The Hall–Kier alpha value is -1.88. The quantitative estimate of drug-likeness (QED) is 0.650. The van der Waals surface area contributed by atoms with Gasteiger partial charge in [-0.25, -0.2) is 0 Å². The number of carboxylic acids is 1. The van der Waals surface area contributed by atoms with Crippen molar-refractivity contribution < 1.29 is 19.4 Å². The van der Waals surface area contributed by atoms with Gasteiger partial charge in [0.05, 0.1) is 12.0 Å². The number of aliphatic carboxylic acids is 1. The third-order valence-electron chi connectivity index (χ3n) is 3.35. The Labute approximate surface area is 131 Å². The van der Waals surface area contributed by atoms with E-state index in [9.17, 15) is 9.59 Å². The average Bonchev–Trinajstić information content (AvgIpc) is 2.46. The molecule has 0 spiro atoms. The molecule has 1 aromatic rings. The van der Waals surface area contributed by atoms with Crippen molar-refractivity contribution in [2.75, 3.05) is 19.8 Å². The van der Waals surface area contributed by atoms with E-state index >= 15 is 0 Å². The lowest BCUT2D eigenvalue weighted by atomic mass is 9.89. The molecule has 0 aliphatic heterocycles. The first kappa shape index (κ1) is 18.2. The fraction of sp³-hybridized carbons (Fsp3) is 0.529. The van der Waals surface area contributed by atoms with Crippen LogP contribution in [0.1, 0.15) is 32.3 Å². The highest BCUT2D eigenvalue weighted by molar-refractivity contribution is 5.84. The summed E-state index contributed by atoms with van der Waals surface area (Å²) in [6.45, 7) is 4.82. The SMILES string of the molecule is CC(C)(CC(=O)NCCCOCCc1ccccc1)C(=O)O. The van der Waals surface area contributed by atoms with Gasteiger partial charge in [-0.3, -0.25) is 9.59 Å².